The number of hydrogen-bond donors (Lipinski definition) is 2. The molecule has 0 unspecified atom stereocenters. The van der Waals surface area contributed by atoms with Crippen LogP contribution in [0.15, 0.2) is 41.3 Å². The van der Waals surface area contributed by atoms with Crippen molar-refractivity contribution in [2.45, 2.75) is 11.4 Å². The molecule has 0 aliphatic rings. The van der Waals surface area contributed by atoms with E-state index in [2.05, 4.69) is 4.72 Å². The second-order valence-corrected chi connectivity index (χ2v) is 6.75. The van der Waals surface area contributed by atoms with Gasteiger partial charge in [0.2, 0.25) is 0 Å². The first-order valence-electron chi connectivity index (χ1n) is 5.79. The summed E-state index contributed by atoms with van der Waals surface area (Å²) in [5.74, 6) is -0.640. The third kappa shape index (κ3) is 3.85. The van der Waals surface area contributed by atoms with Gasteiger partial charge in [-0.1, -0.05) is 23.2 Å². The maximum absolute atomic E-state index is 13.2. The number of sulfonamides is 1. The normalized spacial score (nSPS) is 11.4. The van der Waals surface area contributed by atoms with Gasteiger partial charge in [0.25, 0.3) is 10.0 Å². The van der Waals surface area contributed by atoms with Gasteiger partial charge in [0, 0.05) is 16.6 Å². The molecule has 0 saturated carbocycles. The van der Waals surface area contributed by atoms with Gasteiger partial charge in [0.1, 0.15) is 5.82 Å². The standard InChI is InChI=1S/C13H11Cl2FN2O2S/c14-9-4-10(16)6-11(5-9)18-21(19,20)12-1-2-13(15)8(3-12)7-17/h1-6,18H,7,17H2. The summed E-state index contributed by atoms with van der Waals surface area (Å²) >= 11 is 11.6. The van der Waals surface area contributed by atoms with Crippen molar-refractivity contribution in [1.82, 2.24) is 0 Å². The Morgan fingerprint density at radius 3 is 2.48 bits per heavy atom. The van der Waals surface area contributed by atoms with Crippen molar-refractivity contribution in [3.05, 3.63) is 57.8 Å². The summed E-state index contributed by atoms with van der Waals surface area (Å²) < 4.78 is 40.0. The predicted molar refractivity (Wildman–Crippen MR) is 81.6 cm³/mol. The van der Waals surface area contributed by atoms with Crippen LogP contribution < -0.4 is 10.5 Å². The molecule has 2 aromatic rings. The number of nitrogens with one attached hydrogen (secondary N) is 1. The van der Waals surface area contributed by atoms with Crippen LogP contribution in [0, 0.1) is 5.82 Å². The highest BCUT2D eigenvalue weighted by atomic mass is 35.5. The van der Waals surface area contributed by atoms with Crippen molar-refractivity contribution in [2.75, 3.05) is 4.72 Å². The lowest BCUT2D eigenvalue weighted by Crippen LogP contribution is -2.14. The van der Waals surface area contributed by atoms with Gasteiger partial charge >= 0.3 is 0 Å². The van der Waals surface area contributed by atoms with E-state index < -0.39 is 15.8 Å². The molecule has 0 aliphatic carbocycles. The Kier molecular flexibility index (Phi) is 4.73. The van der Waals surface area contributed by atoms with Gasteiger partial charge in [-0.2, -0.15) is 0 Å². The van der Waals surface area contributed by atoms with E-state index in [0.717, 1.165) is 12.1 Å². The van der Waals surface area contributed by atoms with Crippen LogP contribution in [0.4, 0.5) is 10.1 Å². The first kappa shape index (κ1) is 16.0. The van der Waals surface area contributed by atoms with Crippen LogP contribution in [-0.2, 0) is 16.6 Å². The molecule has 2 aromatic carbocycles. The fourth-order valence-corrected chi connectivity index (χ4v) is 3.21. The molecule has 0 saturated heterocycles. The van der Waals surface area contributed by atoms with Gasteiger partial charge in [-0.25, -0.2) is 12.8 Å². The third-order valence-corrected chi connectivity index (χ3v) is 4.63. The molecule has 0 bridgehead atoms. The summed E-state index contributed by atoms with van der Waals surface area (Å²) in [6, 6.07) is 7.56. The van der Waals surface area contributed by atoms with Crippen molar-refractivity contribution >= 4 is 38.9 Å². The number of halogens is 3. The molecule has 3 N–H and O–H groups in total. The SMILES string of the molecule is NCc1cc(S(=O)(=O)Nc2cc(F)cc(Cl)c2)ccc1Cl. The van der Waals surface area contributed by atoms with Gasteiger partial charge in [-0.3, -0.25) is 4.72 Å². The minimum Gasteiger partial charge on any atom is -0.326 e. The lowest BCUT2D eigenvalue weighted by atomic mass is 10.2. The summed E-state index contributed by atoms with van der Waals surface area (Å²) in [6.45, 7) is 0.105. The molecular formula is C13H11Cl2FN2O2S. The molecule has 0 heterocycles. The lowest BCUT2D eigenvalue weighted by molar-refractivity contribution is 0.601. The van der Waals surface area contributed by atoms with E-state index in [9.17, 15) is 12.8 Å². The first-order valence-corrected chi connectivity index (χ1v) is 8.03. The van der Waals surface area contributed by atoms with Crippen molar-refractivity contribution in [1.29, 1.82) is 0 Å². The topological polar surface area (TPSA) is 72.2 Å². The number of benzene rings is 2. The molecule has 8 heteroatoms. The number of nitrogens with two attached hydrogens (primary N) is 1. The van der Waals surface area contributed by atoms with E-state index in [1.54, 1.807) is 0 Å². The maximum Gasteiger partial charge on any atom is 0.261 e. The number of rotatable bonds is 4. The van der Waals surface area contributed by atoms with Crippen molar-refractivity contribution in [3.8, 4) is 0 Å². The summed E-state index contributed by atoms with van der Waals surface area (Å²) in [5, 5.41) is 0.469. The van der Waals surface area contributed by atoms with E-state index >= 15 is 0 Å². The smallest absolute Gasteiger partial charge is 0.261 e. The minimum atomic E-state index is -3.89. The van der Waals surface area contributed by atoms with E-state index in [1.165, 1.54) is 24.3 Å². The van der Waals surface area contributed by atoms with E-state index in [0.29, 0.717) is 10.6 Å². The zero-order valence-corrected chi connectivity index (χ0v) is 12.9. The third-order valence-electron chi connectivity index (χ3n) is 2.66. The second-order valence-electron chi connectivity index (χ2n) is 4.22. The summed E-state index contributed by atoms with van der Waals surface area (Å²) in [4.78, 5) is -0.0206. The predicted octanol–water partition coefficient (Wildman–Crippen LogP) is 3.39. The van der Waals surface area contributed by atoms with E-state index in [1.807, 2.05) is 0 Å². The molecule has 0 aliphatic heterocycles. The van der Waals surface area contributed by atoms with Crippen molar-refractivity contribution in [2.24, 2.45) is 5.73 Å². The summed E-state index contributed by atoms with van der Waals surface area (Å²) in [6.07, 6.45) is 0. The fraction of sp³-hybridized carbons (Fsp3) is 0.0769. The Labute approximate surface area is 131 Å². The van der Waals surface area contributed by atoms with Crippen LogP contribution >= 0.6 is 23.2 Å². The molecular weight excluding hydrogens is 338 g/mol. The second kappa shape index (κ2) is 6.19. The molecule has 21 heavy (non-hydrogen) atoms. The monoisotopic (exact) mass is 348 g/mol. The molecule has 4 nitrogen and oxygen atoms in total. The molecule has 0 spiro atoms. The average Bonchev–Trinajstić information content (AvgIpc) is 2.37. The van der Waals surface area contributed by atoms with Crippen LogP contribution in [0.3, 0.4) is 0 Å². The number of anilines is 1. The van der Waals surface area contributed by atoms with E-state index in [-0.39, 0.29) is 22.2 Å². The highest BCUT2D eigenvalue weighted by Crippen LogP contribution is 2.24. The van der Waals surface area contributed by atoms with Crippen molar-refractivity contribution < 1.29 is 12.8 Å². The molecule has 112 valence electrons. The quantitative estimate of drug-likeness (QED) is 0.889. The average molecular weight is 349 g/mol. The van der Waals surface area contributed by atoms with Crippen LogP contribution in [0.2, 0.25) is 10.0 Å². The minimum absolute atomic E-state index is 0.0206. The van der Waals surface area contributed by atoms with Crippen LogP contribution in [-0.4, -0.2) is 8.42 Å². The van der Waals surface area contributed by atoms with Gasteiger partial charge in [-0.05, 0) is 42.0 Å². The Morgan fingerprint density at radius 1 is 1.14 bits per heavy atom. The Morgan fingerprint density at radius 2 is 1.86 bits per heavy atom. The highest BCUT2D eigenvalue weighted by molar-refractivity contribution is 7.92. The lowest BCUT2D eigenvalue weighted by Gasteiger charge is -2.10. The summed E-state index contributed by atoms with van der Waals surface area (Å²) in [7, 11) is -3.89. The van der Waals surface area contributed by atoms with Crippen molar-refractivity contribution in [3.63, 3.8) is 0 Å². The fourth-order valence-electron chi connectivity index (χ4n) is 1.70. The zero-order valence-electron chi connectivity index (χ0n) is 10.6. The van der Waals surface area contributed by atoms with Gasteiger partial charge in [-0.15, -0.1) is 0 Å². The van der Waals surface area contributed by atoms with Crippen LogP contribution in [0.1, 0.15) is 5.56 Å². The molecule has 0 aromatic heterocycles. The maximum atomic E-state index is 13.2. The molecule has 2 rings (SSSR count). The van der Waals surface area contributed by atoms with Gasteiger partial charge in [0.15, 0.2) is 0 Å². The molecule has 0 radical (unpaired) electrons. The van der Waals surface area contributed by atoms with Gasteiger partial charge < -0.3 is 5.73 Å². The molecule has 0 atom stereocenters. The van der Waals surface area contributed by atoms with E-state index in [4.69, 9.17) is 28.9 Å². The molecule has 0 fully saturated rings. The first-order chi connectivity index (χ1) is 9.81. The Bertz CT molecular complexity index is 761. The Hall–Kier alpha value is -1.34. The summed E-state index contributed by atoms with van der Waals surface area (Å²) in [5.41, 5.74) is 6.02. The van der Waals surface area contributed by atoms with Gasteiger partial charge in [0.05, 0.1) is 10.6 Å². The molecule has 0 amide bonds. The number of hydrogen-bond acceptors (Lipinski definition) is 3. The Balaban J connectivity index is 2.38. The van der Waals surface area contributed by atoms with Crippen LogP contribution in [0.5, 0.6) is 0 Å². The zero-order chi connectivity index (χ0) is 15.6. The van der Waals surface area contributed by atoms with Crippen LogP contribution in [0.25, 0.3) is 0 Å². The highest BCUT2D eigenvalue weighted by Gasteiger charge is 2.16. The largest absolute Gasteiger partial charge is 0.326 e.